The Hall–Kier alpha value is -1.67. The van der Waals surface area contributed by atoms with Crippen molar-refractivity contribution in [2.24, 2.45) is 5.84 Å². The first-order chi connectivity index (χ1) is 8.04. The molecule has 0 aromatic carbocycles. The maximum Gasteiger partial charge on any atom is 0.408 e. The standard InChI is InChI=1S/C8H12ClN5O3/c9-6-5-13(12-8(6)14(16)17)4-2-1-3-7(15)11-10/h5H,1-4,10H2,(H,11,15). The first-order valence-corrected chi connectivity index (χ1v) is 5.29. The minimum absolute atomic E-state index is 0.00898. The number of nitrogens with zero attached hydrogens (tertiary/aromatic N) is 3. The minimum Gasteiger partial charge on any atom is -0.358 e. The van der Waals surface area contributed by atoms with Crippen LogP contribution in [0.5, 0.6) is 0 Å². The van der Waals surface area contributed by atoms with Gasteiger partial charge >= 0.3 is 5.82 Å². The highest BCUT2D eigenvalue weighted by atomic mass is 35.5. The molecule has 0 radical (unpaired) electrons. The number of hydrazine groups is 1. The van der Waals surface area contributed by atoms with Crippen molar-refractivity contribution in [3.05, 3.63) is 21.3 Å². The summed E-state index contributed by atoms with van der Waals surface area (Å²) in [5, 5.41) is 14.2. The van der Waals surface area contributed by atoms with E-state index in [1.165, 1.54) is 10.9 Å². The van der Waals surface area contributed by atoms with Crippen molar-refractivity contribution in [3.8, 4) is 0 Å². The van der Waals surface area contributed by atoms with Crippen LogP contribution in [0.15, 0.2) is 6.20 Å². The predicted octanol–water partition coefficient (Wildman–Crippen LogP) is 0.605. The number of amides is 1. The van der Waals surface area contributed by atoms with Gasteiger partial charge in [0.05, 0.1) is 17.8 Å². The Morgan fingerprint density at radius 1 is 1.65 bits per heavy atom. The lowest BCUT2D eigenvalue weighted by Gasteiger charge is -1.98. The van der Waals surface area contributed by atoms with E-state index in [1.807, 2.05) is 5.43 Å². The van der Waals surface area contributed by atoms with Crippen LogP contribution in [0.25, 0.3) is 0 Å². The molecule has 0 aliphatic heterocycles. The van der Waals surface area contributed by atoms with Gasteiger partial charge in [0.15, 0.2) is 5.02 Å². The number of unbranched alkanes of at least 4 members (excludes halogenated alkanes) is 1. The van der Waals surface area contributed by atoms with E-state index in [9.17, 15) is 14.9 Å². The second kappa shape index (κ2) is 6.16. The van der Waals surface area contributed by atoms with Crippen molar-refractivity contribution in [2.75, 3.05) is 0 Å². The van der Waals surface area contributed by atoms with Gasteiger partial charge in [-0.05, 0) is 17.8 Å². The van der Waals surface area contributed by atoms with E-state index in [-0.39, 0.29) is 16.7 Å². The monoisotopic (exact) mass is 261 g/mol. The first kappa shape index (κ1) is 13.4. The van der Waals surface area contributed by atoms with Gasteiger partial charge < -0.3 is 10.1 Å². The summed E-state index contributed by atoms with van der Waals surface area (Å²) in [5.74, 6) is 4.32. The quantitative estimate of drug-likeness (QED) is 0.256. The van der Waals surface area contributed by atoms with E-state index in [1.54, 1.807) is 0 Å². The van der Waals surface area contributed by atoms with Crippen LogP contribution in [0.2, 0.25) is 5.02 Å². The molecule has 0 bridgehead atoms. The zero-order valence-electron chi connectivity index (χ0n) is 8.93. The average molecular weight is 262 g/mol. The normalized spacial score (nSPS) is 10.2. The highest BCUT2D eigenvalue weighted by molar-refractivity contribution is 6.32. The molecule has 0 saturated heterocycles. The number of rotatable bonds is 6. The van der Waals surface area contributed by atoms with E-state index < -0.39 is 4.92 Å². The van der Waals surface area contributed by atoms with Gasteiger partial charge in [-0.1, -0.05) is 11.6 Å². The van der Waals surface area contributed by atoms with Crippen molar-refractivity contribution in [2.45, 2.75) is 25.8 Å². The van der Waals surface area contributed by atoms with E-state index >= 15 is 0 Å². The molecule has 17 heavy (non-hydrogen) atoms. The Balaban J connectivity index is 2.40. The van der Waals surface area contributed by atoms with Gasteiger partial charge in [-0.2, -0.15) is 4.68 Å². The van der Waals surface area contributed by atoms with Gasteiger partial charge in [0.25, 0.3) is 0 Å². The fraction of sp³-hybridized carbons (Fsp3) is 0.500. The van der Waals surface area contributed by atoms with Crippen molar-refractivity contribution in [1.29, 1.82) is 0 Å². The molecule has 9 heteroatoms. The summed E-state index contributed by atoms with van der Waals surface area (Å²) in [5.41, 5.74) is 2.02. The molecule has 3 N–H and O–H groups in total. The van der Waals surface area contributed by atoms with Gasteiger partial charge in [0.2, 0.25) is 5.91 Å². The molecule has 0 fully saturated rings. The van der Waals surface area contributed by atoms with Crippen LogP contribution < -0.4 is 11.3 Å². The molecule has 1 rings (SSSR count). The van der Waals surface area contributed by atoms with Crippen LogP contribution in [-0.2, 0) is 11.3 Å². The number of aryl methyl sites for hydroxylation is 1. The zero-order chi connectivity index (χ0) is 12.8. The zero-order valence-corrected chi connectivity index (χ0v) is 9.68. The van der Waals surface area contributed by atoms with Crippen molar-refractivity contribution < 1.29 is 9.72 Å². The van der Waals surface area contributed by atoms with Crippen LogP contribution in [0.1, 0.15) is 19.3 Å². The molecule has 0 saturated carbocycles. The van der Waals surface area contributed by atoms with E-state index in [0.29, 0.717) is 25.8 Å². The Labute approximate surface area is 102 Å². The summed E-state index contributed by atoms with van der Waals surface area (Å²) < 4.78 is 1.39. The number of carbonyl (C=O) groups excluding carboxylic acids is 1. The number of halogens is 1. The van der Waals surface area contributed by atoms with Crippen molar-refractivity contribution in [3.63, 3.8) is 0 Å². The van der Waals surface area contributed by atoms with Crippen LogP contribution in [0.4, 0.5) is 5.82 Å². The molecule has 0 unspecified atom stereocenters. The third-order valence-corrected chi connectivity index (χ3v) is 2.34. The molecule has 1 aromatic rings. The van der Waals surface area contributed by atoms with Crippen molar-refractivity contribution in [1.82, 2.24) is 15.2 Å². The van der Waals surface area contributed by atoms with Gasteiger partial charge in [-0.3, -0.25) is 10.2 Å². The summed E-state index contributed by atoms with van der Waals surface area (Å²) in [4.78, 5) is 20.6. The Bertz CT molecular complexity index is 419. The summed E-state index contributed by atoms with van der Waals surface area (Å²) in [6.07, 6.45) is 2.98. The Kier molecular flexibility index (Phi) is 4.85. The SMILES string of the molecule is NNC(=O)CCCCn1cc(Cl)c([N+](=O)[O-])n1. The third kappa shape index (κ3) is 4.00. The van der Waals surface area contributed by atoms with Crippen LogP contribution >= 0.6 is 11.6 Å². The molecule has 1 aromatic heterocycles. The highest BCUT2D eigenvalue weighted by Crippen LogP contribution is 2.21. The largest absolute Gasteiger partial charge is 0.408 e. The molecule has 0 atom stereocenters. The lowest BCUT2D eigenvalue weighted by molar-refractivity contribution is -0.389. The predicted molar refractivity (Wildman–Crippen MR) is 60.1 cm³/mol. The Morgan fingerprint density at radius 2 is 2.35 bits per heavy atom. The lowest BCUT2D eigenvalue weighted by atomic mass is 10.2. The molecule has 1 heterocycles. The molecule has 0 spiro atoms. The topological polar surface area (TPSA) is 116 Å². The number of hydrogen-bond acceptors (Lipinski definition) is 5. The summed E-state index contributed by atoms with van der Waals surface area (Å²) in [6, 6.07) is 0. The second-order valence-corrected chi connectivity index (χ2v) is 3.75. The number of carbonyl (C=O) groups is 1. The van der Waals surface area contributed by atoms with Gasteiger partial charge in [-0.25, -0.2) is 5.84 Å². The van der Waals surface area contributed by atoms with Gasteiger partial charge in [0.1, 0.15) is 0 Å². The molecular formula is C8H12ClN5O3. The van der Waals surface area contributed by atoms with E-state index in [2.05, 4.69) is 5.10 Å². The maximum absolute atomic E-state index is 10.8. The van der Waals surface area contributed by atoms with Crippen LogP contribution in [0.3, 0.4) is 0 Å². The molecule has 0 aliphatic rings. The number of aromatic nitrogens is 2. The van der Waals surface area contributed by atoms with Crippen LogP contribution in [-0.4, -0.2) is 20.6 Å². The minimum atomic E-state index is -0.638. The third-order valence-electron chi connectivity index (χ3n) is 2.07. The molecular weight excluding hydrogens is 250 g/mol. The molecule has 0 aliphatic carbocycles. The lowest BCUT2D eigenvalue weighted by Crippen LogP contribution is -2.29. The molecule has 1 amide bonds. The highest BCUT2D eigenvalue weighted by Gasteiger charge is 2.18. The smallest absolute Gasteiger partial charge is 0.358 e. The van der Waals surface area contributed by atoms with Gasteiger partial charge in [-0.15, -0.1) is 0 Å². The molecule has 8 nitrogen and oxygen atoms in total. The summed E-state index contributed by atoms with van der Waals surface area (Å²) in [7, 11) is 0. The molecule has 94 valence electrons. The fourth-order valence-electron chi connectivity index (χ4n) is 1.26. The number of hydrogen-bond donors (Lipinski definition) is 2. The average Bonchev–Trinajstić information content (AvgIpc) is 2.65. The summed E-state index contributed by atoms with van der Waals surface area (Å²) >= 11 is 5.62. The first-order valence-electron chi connectivity index (χ1n) is 4.91. The summed E-state index contributed by atoms with van der Waals surface area (Å²) in [6.45, 7) is 0.464. The van der Waals surface area contributed by atoms with Crippen LogP contribution in [0, 0.1) is 10.1 Å². The number of nitrogens with two attached hydrogens (primary N) is 1. The van der Waals surface area contributed by atoms with Crippen molar-refractivity contribution >= 4 is 23.3 Å². The Morgan fingerprint density at radius 3 is 2.88 bits per heavy atom. The fourth-order valence-corrected chi connectivity index (χ4v) is 1.48. The number of nitro groups is 1. The van der Waals surface area contributed by atoms with Gasteiger partial charge in [0, 0.05) is 6.42 Å². The van der Waals surface area contributed by atoms with E-state index in [4.69, 9.17) is 17.4 Å². The second-order valence-electron chi connectivity index (χ2n) is 3.35. The maximum atomic E-state index is 10.8. The van der Waals surface area contributed by atoms with E-state index in [0.717, 1.165) is 0 Å². The number of nitrogens with one attached hydrogen (secondary N) is 1.